The number of anilines is 2. The molecular formula is C38H46ClN5O7S. The summed E-state index contributed by atoms with van der Waals surface area (Å²) in [5, 5.41) is 26.4. The van der Waals surface area contributed by atoms with Crippen molar-refractivity contribution in [3.05, 3.63) is 92.5 Å². The molecule has 278 valence electrons. The number of nitro benzene ring substituents is 1. The number of phenolic OH excluding ortho intramolecular Hbond substituents is 1. The molecule has 1 aliphatic carbocycles. The second kappa shape index (κ2) is 15.8. The van der Waals surface area contributed by atoms with Gasteiger partial charge in [0.2, 0.25) is 0 Å². The Bertz CT molecular complexity index is 1940. The highest BCUT2D eigenvalue weighted by Gasteiger charge is 2.30. The fourth-order valence-corrected chi connectivity index (χ4v) is 8.34. The summed E-state index contributed by atoms with van der Waals surface area (Å²) in [7, 11) is -4.50. The molecule has 14 heteroatoms. The molecule has 2 fully saturated rings. The molecule has 0 bridgehead atoms. The smallest absolute Gasteiger partial charge is 0.293 e. The summed E-state index contributed by atoms with van der Waals surface area (Å²) in [6, 6.07) is 16.1. The Balaban J connectivity index is 1.07. The first kappa shape index (κ1) is 37.6. The number of nitro groups is 1. The Morgan fingerprint density at radius 3 is 2.42 bits per heavy atom. The third-order valence-electron chi connectivity index (χ3n) is 10.4. The van der Waals surface area contributed by atoms with Gasteiger partial charge in [-0.25, -0.2) is 13.1 Å². The highest BCUT2D eigenvalue weighted by molar-refractivity contribution is 7.90. The number of ether oxygens (including phenoxy) is 1. The molecule has 0 aromatic heterocycles. The summed E-state index contributed by atoms with van der Waals surface area (Å²) in [6.07, 6.45) is 4.86. The molecule has 0 spiro atoms. The minimum atomic E-state index is -4.50. The van der Waals surface area contributed by atoms with E-state index < -0.39 is 31.4 Å². The normalized spacial score (nSPS) is 18.6. The van der Waals surface area contributed by atoms with Gasteiger partial charge in [0.15, 0.2) is 0 Å². The Labute approximate surface area is 310 Å². The first-order valence-corrected chi connectivity index (χ1v) is 19.6. The van der Waals surface area contributed by atoms with Crippen molar-refractivity contribution in [2.45, 2.75) is 50.8 Å². The molecular weight excluding hydrogens is 706 g/mol. The molecule has 2 aliphatic heterocycles. The molecule has 52 heavy (non-hydrogen) atoms. The predicted molar refractivity (Wildman–Crippen MR) is 203 cm³/mol. The SMILES string of the molecule is CC1(C)CCC(CN2CCN(c3ccc(C(=O)NS(=O)(=O)c4ccc(NCC5CCOCC5)c([N+](=O)[O-])c4)c(O)c3)CC2)=C(c2ccc(Cl)cc2)C1. The molecule has 3 aliphatic rings. The quantitative estimate of drug-likeness (QED) is 0.143. The Hall–Kier alpha value is -4.17. The van der Waals surface area contributed by atoms with Gasteiger partial charge in [0, 0.05) is 75.3 Å². The van der Waals surface area contributed by atoms with Crippen LogP contribution >= 0.6 is 11.6 Å². The number of aromatic hydroxyl groups is 1. The van der Waals surface area contributed by atoms with Crippen LogP contribution in [0.25, 0.3) is 5.57 Å². The van der Waals surface area contributed by atoms with E-state index in [0.29, 0.717) is 32.8 Å². The average molecular weight is 752 g/mol. The van der Waals surface area contributed by atoms with E-state index in [9.17, 15) is 28.4 Å². The maximum Gasteiger partial charge on any atom is 0.293 e. The number of hydrogen-bond acceptors (Lipinski definition) is 10. The Morgan fingerprint density at radius 1 is 1.04 bits per heavy atom. The molecule has 1 amide bonds. The Morgan fingerprint density at radius 2 is 1.75 bits per heavy atom. The lowest BCUT2D eigenvalue weighted by Crippen LogP contribution is -2.47. The number of hydrogen-bond donors (Lipinski definition) is 3. The molecule has 6 rings (SSSR count). The molecule has 0 radical (unpaired) electrons. The van der Waals surface area contributed by atoms with Crippen molar-refractivity contribution in [1.29, 1.82) is 0 Å². The van der Waals surface area contributed by atoms with Gasteiger partial charge in [-0.05, 0) is 91.0 Å². The summed E-state index contributed by atoms with van der Waals surface area (Å²) in [4.78, 5) is 28.4. The third kappa shape index (κ3) is 9.06. The summed E-state index contributed by atoms with van der Waals surface area (Å²) in [6.45, 7) is 10.3. The van der Waals surface area contributed by atoms with Gasteiger partial charge in [0.1, 0.15) is 11.4 Å². The number of sulfonamides is 1. The maximum absolute atomic E-state index is 13.2. The van der Waals surface area contributed by atoms with Gasteiger partial charge in [0.25, 0.3) is 21.6 Å². The summed E-state index contributed by atoms with van der Waals surface area (Å²) < 4.78 is 33.6. The van der Waals surface area contributed by atoms with Crippen LogP contribution in [0.4, 0.5) is 17.1 Å². The zero-order valence-corrected chi connectivity index (χ0v) is 31.1. The lowest BCUT2D eigenvalue weighted by atomic mass is 9.72. The van der Waals surface area contributed by atoms with Crippen molar-refractivity contribution in [2.75, 3.05) is 62.7 Å². The number of nitrogens with zero attached hydrogens (tertiary/aromatic N) is 3. The number of halogens is 1. The van der Waals surface area contributed by atoms with E-state index in [4.69, 9.17) is 16.3 Å². The number of nitrogens with one attached hydrogen (secondary N) is 2. The second-order valence-electron chi connectivity index (χ2n) is 14.7. The van der Waals surface area contributed by atoms with Gasteiger partial charge < -0.3 is 20.1 Å². The van der Waals surface area contributed by atoms with Crippen LogP contribution in [0.15, 0.2) is 71.1 Å². The van der Waals surface area contributed by atoms with Crippen LogP contribution in [0.2, 0.25) is 5.02 Å². The first-order chi connectivity index (χ1) is 24.8. The van der Waals surface area contributed by atoms with Gasteiger partial charge >= 0.3 is 0 Å². The number of piperazine rings is 1. The lowest BCUT2D eigenvalue weighted by Gasteiger charge is -2.39. The number of amides is 1. The summed E-state index contributed by atoms with van der Waals surface area (Å²) in [5.74, 6) is -1.13. The summed E-state index contributed by atoms with van der Waals surface area (Å²) >= 11 is 6.18. The van der Waals surface area contributed by atoms with Crippen molar-refractivity contribution in [3.8, 4) is 5.75 Å². The van der Waals surface area contributed by atoms with Crippen LogP contribution in [-0.4, -0.2) is 81.7 Å². The monoisotopic (exact) mass is 751 g/mol. The van der Waals surface area contributed by atoms with Crippen molar-refractivity contribution in [2.24, 2.45) is 11.3 Å². The predicted octanol–water partition coefficient (Wildman–Crippen LogP) is 6.70. The summed E-state index contributed by atoms with van der Waals surface area (Å²) in [5.41, 5.74) is 4.60. The molecule has 2 saturated heterocycles. The van der Waals surface area contributed by atoms with Gasteiger partial charge in [0.05, 0.1) is 15.4 Å². The number of benzene rings is 3. The number of carbonyl (C=O) groups is 1. The largest absolute Gasteiger partial charge is 0.507 e. The molecule has 0 unspecified atom stereocenters. The molecule has 12 nitrogen and oxygen atoms in total. The minimum absolute atomic E-state index is 0.189. The second-order valence-corrected chi connectivity index (χ2v) is 16.8. The lowest BCUT2D eigenvalue weighted by molar-refractivity contribution is -0.384. The molecule has 3 aromatic rings. The van der Waals surface area contributed by atoms with Gasteiger partial charge in [-0.3, -0.25) is 19.8 Å². The van der Waals surface area contributed by atoms with E-state index in [2.05, 4.69) is 41.1 Å². The van der Waals surface area contributed by atoms with E-state index in [-0.39, 0.29) is 28.3 Å². The fraction of sp³-hybridized carbons (Fsp3) is 0.447. The number of phenols is 1. The topological polar surface area (TPSA) is 154 Å². The molecule has 0 saturated carbocycles. The van der Waals surface area contributed by atoms with E-state index >= 15 is 0 Å². The van der Waals surface area contributed by atoms with Crippen molar-refractivity contribution in [1.82, 2.24) is 9.62 Å². The Kier molecular flexibility index (Phi) is 11.4. The zero-order valence-electron chi connectivity index (χ0n) is 29.6. The van der Waals surface area contributed by atoms with Gasteiger partial charge in [-0.2, -0.15) is 0 Å². The van der Waals surface area contributed by atoms with E-state index in [1.165, 1.54) is 41.0 Å². The third-order valence-corrected chi connectivity index (χ3v) is 12.0. The molecule has 2 heterocycles. The molecule has 3 aromatic carbocycles. The zero-order chi connectivity index (χ0) is 37.0. The van der Waals surface area contributed by atoms with Crippen LogP contribution in [0.3, 0.4) is 0 Å². The number of allylic oxidation sites excluding steroid dienone is 1. The molecule has 0 atom stereocenters. The van der Waals surface area contributed by atoms with Crippen molar-refractivity contribution >= 4 is 50.2 Å². The average Bonchev–Trinajstić information content (AvgIpc) is 3.12. The van der Waals surface area contributed by atoms with E-state index in [0.717, 1.165) is 68.5 Å². The van der Waals surface area contributed by atoms with Crippen LogP contribution < -0.4 is 14.9 Å². The number of carbonyl (C=O) groups excluding carboxylic acids is 1. The van der Waals surface area contributed by atoms with Gasteiger partial charge in [-0.15, -0.1) is 0 Å². The minimum Gasteiger partial charge on any atom is -0.507 e. The molecule has 3 N–H and O–H groups in total. The van der Waals surface area contributed by atoms with Crippen molar-refractivity contribution < 1.29 is 28.0 Å². The van der Waals surface area contributed by atoms with Crippen LogP contribution in [0, 0.1) is 21.4 Å². The van der Waals surface area contributed by atoms with Gasteiger partial charge in [-0.1, -0.05) is 43.2 Å². The highest BCUT2D eigenvalue weighted by Crippen LogP contribution is 2.43. The first-order valence-electron chi connectivity index (χ1n) is 17.7. The highest BCUT2D eigenvalue weighted by atomic mass is 35.5. The van der Waals surface area contributed by atoms with Crippen LogP contribution in [0.1, 0.15) is 61.9 Å². The van der Waals surface area contributed by atoms with Crippen LogP contribution in [0.5, 0.6) is 5.75 Å². The van der Waals surface area contributed by atoms with E-state index in [1.807, 2.05) is 16.9 Å². The van der Waals surface area contributed by atoms with Crippen LogP contribution in [-0.2, 0) is 14.8 Å². The van der Waals surface area contributed by atoms with Crippen molar-refractivity contribution in [3.63, 3.8) is 0 Å². The fourth-order valence-electron chi connectivity index (χ4n) is 7.23. The maximum atomic E-state index is 13.2. The standard InChI is InChI=1S/C38H46ClN5O7S/c1-38(2)14-11-28(33(23-38)27-3-5-29(39)6-4-27)25-42-15-17-43(18-16-42)30-7-9-32(36(45)21-30)37(46)41-52(49,50)31-8-10-34(35(22-31)44(47)48)40-24-26-12-19-51-20-13-26/h3-10,21-22,26,40,45H,11-20,23-25H2,1-2H3,(H,41,46). The van der Waals surface area contributed by atoms with E-state index in [1.54, 1.807) is 6.07 Å². The number of rotatable bonds is 11.